The molecule has 0 bridgehead atoms. The van der Waals surface area contributed by atoms with Gasteiger partial charge in [-0.3, -0.25) is 0 Å². The molecule has 0 spiro atoms. The van der Waals surface area contributed by atoms with Crippen LogP contribution in [-0.4, -0.2) is 9.55 Å². The average Bonchev–Trinajstić information content (AvgIpc) is 2.86. The van der Waals surface area contributed by atoms with Crippen LogP contribution in [-0.2, 0) is 13.0 Å². The summed E-state index contributed by atoms with van der Waals surface area (Å²) in [6.07, 6.45) is 0.784. The molecule has 1 aromatic heterocycles. The number of rotatable bonds is 3. The third-order valence-corrected chi connectivity index (χ3v) is 3.57. The molecule has 21 heavy (non-hydrogen) atoms. The van der Waals surface area contributed by atoms with Crippen molar-refractivity contribution in [3.8, 4) is 6.07 Å². The monoisotopic (exact) mass is 279 g/mol. The predicted octanol–water partition coefficient (Wildman–Crippen LogP) is 3.66. The second-order valence-corrected chi connectivity index (χ2v) is 4.87. The summed E-state index contributed by atoms with van der Waals surface area (Å²) < 4.78 is 15.5. The van der Waals surface area contributed by atoms with Crippen LogP contribution in [0.15, 0.2) is 42.5 Å². The Bertz CT molecular complexity index is 843. The molecule has 0 N–H and O–H groups in total. The van der Waals surface area contributed by atoms with E-state index in [1.807, 2.05) is 35.8 Å². The molecule has 3 nitrogen and oxygen atoms in total. The van der Waals surface area contributed by atoms with E-state index in [1.54, 1.807) is 0 Å². The number of nitrogens with zero attached hydrogens (tertiary/aromatic N) is 3. The molecule has 0 atom stereocenters. The maximum absolute atomic E-state index is 13.5. The molecule has 2 aromatic carbocycles. The molecule has 0 aliphatic carbocycles. The van der Waals surface area contributed by atoms with Crippen LogP contribution >= 0.6 is 0 Å². The quantitative estimate of drug-likeness (QED) is 0.734. The number of aryl methyl sites for hydroxylation is 1. The zero-order valence-corrected chi connectivity index (χ0v) is 11.7. The number of aromatic nitrogens is 2. The Morgan fingerprint density at radius 1 is 1.24 bits per heavy atom. The largest absolute Gasteiger partial charge is 0.323 e. The van der Waals surface area contributed by atoms with Gasteiger partial charge in [0, 0.05) is 6.42 Å². The second kappa shape index (κ2) is 5.37. The number of hydrogen-bond donors (Lipinski definition) is 0. The topological polar surface area (TPSA) is 41.6 Å². The number of fused-ring (bicyclic) bond motifs is 1. The highest BCUT2D eigenvalue weighted by molar-refractivity contribution is 5.76. The Hall–Kier alpha value is -2.67. The van der Waals surface area contributed by atoms with E-state index in [9.17, 15) is 9.65 Å². The normalized spacial score (nSPS) is 10.7. The maximum atomic E-state index is 13.5. The molecule has 3 aromatic rings. The Morgan fingerprint density at radius 3 is 2.81 bits per heavy atom. The summed E-state index contributed by atoms with van der Waals surface area (Å²) in [5, 5.41) is 9.18. The lowest BCUT2D eigenvalue weighted by Crippen LogP contribution is -2.06. The van der Waals surface area contributed by atoms with E-state index in [4.69, 9.17) is 0 Å². The van der Waals surface area contributed by atoms with E-state index in [1.165, 1.54) is 18.2 Å². The Morgan fingerprint density at radius 2 is 2.05 bits per heavy atom. The van der Waals surface area contributed by atoms with Gasteiger partial charge in [0.15, 0.2) is 0 Å². The fourth-order valence-corrected chi connectivity index (χ4v) is 2.54. The fraction of sp³-hybridized carbons (Fsp3) is 0.176. The SMILES string of the molecule is CCc1nc2ccccc2n1Cc1cc(F)ccc1C#N. The predicted molar refractivity (Wildman–Crippen MR) is 79.3 cm³/mol. The molecule has 0 aliphatic rings. The highest BCUT2D eigenvalue weighted by atomic mass is 19.1. The molecular weight excluding hydrogens is 265 g/mol. The molecule has 1 heterocycles. The van der Waals surface area contributed by atoms with Crippen molar-refractivity contribution in [2.45, 2.75) is 19.9 Å². The first-order chi connectivity index (χ1) is 10.2. The lowest BCUT2D eigenvalue weighted by atomic mass is 10.1. The summed E-state index contributed by atoms with van der Waals surface area (Å²) in [5.41, 5.74) is 3.10. The van der Waals surface area contributed by atoms with E-state index in [0.29, 0.717) is 17.7 Å². The first kappa shape index (κ1) is 13.3. The van der Waals surface area contributed by atoms with Crippen molar-refractivity contribution in [1.29, 1.82) is 5.26 Å². The summed E-state index contributed by atoms with van der Waals surface area (Å²) in [6, 6.07) is 14.2. The van der Waals surface area contributed by atoms with Crippen LogP contribution in [0.1, 0.15) is 23.9 Å². The Labute approximate surface area is 122 Å². The minimum absolute atomic E-state index is 0.327. The summed E-state index contributed by atoms with van der Waals surface area (Å²) >= 11 is 0. The number of halogens is 1. The van der Waals surface area contributed by atoms with Crippen LogP contribution in [0, 0.1) is 17.1 Å². The molecule has 4 heteroatoms. The lowest BCUT2D eigenvalue weighted by molar-refractivity contribution is 0.622. The number of nitriles is 1. The zero-order chi connectivity index (χ0) is 14.8. The van der Waals surface area contributed by atoms with Gasteiger partial charge >= 0.3 is 0 Å². The van der Waals surface area contributed by atoms with Gasteiger partial charge < -0.3 is 4.57 Å². The summed E-state index contributed by atoms with van der Waals surface area (Å²) in [5.74, 6) is 0.607. The van der Waals surface area contributed by atoms with E-state index < -0.39 is 0 Å². The smallest absolute Gasteiger partial charge is 0.123 e. The van der Waals surface area contributed by atoms with Crippen molar-refractivity contribution in [1.82, 2.24) is 9.55 Å². The van der Waals surface area contributed by atoms with Gasteiger partial charge in [0.05, 0.1) is 29.2 Å². The fourth-order valence-electron chi connectivity index (χ4n) is 2.54. The highest BCUT2D eigenvalue weighted by Crippen LogP contribution is 2.20. The molecular formula is C17H14FN3. The Balaban J connectivity index is 2.14. The van der Waals surface area contributed by atoms with Gasteiger partial charge in [-0.25, -0.2) is 9.37 Å². The van der Waals surface area contributed by atoms with Crippen LogP contribution in [0.25, 0.3) is 11.0 Å². The van der Waals surface area contributed by atoms with E-state index >= 15 is 0 Å². The number of imidazole rings is 1. The third-order valence-electron chi connectivity index (χ3n) is 3.57. The van der Waals surface area contributed by atoms with Crippen LogP contribution < -0.4 is 0 Å². The summed E-state index contributed by atoms with van der Waals surface area (Å²) in [4.78, 5) is 4.59. The van der Waals surface area contributed by atoms with Gasteiger partial charge in [0.25, 0.3) is 0 Å². The number of para-hydroxylation sites is 2. The molecule has 0 unspecified atom stereocenters. The molecule has 0 saturated heterocycles. The zero-order valence-electron chi connectivity index (χ0n) is 11.7. The average molecular weight is 279 g/mol. The molecule has 0 saturated carbocycles. The minimum atomic E-state index is -0.327. The molecule has 0 aliphatic heterocycles. The third kappa shape index (κ3) is 2.38. The van der Waals surface area contributed by atoms with Crippen LogP contribution in [0.2, 0.25) is 0 Å². The first-order valence-corrected chi connectivity index (χ1v) is 6.85. The van der Waals surface area contributed by atoms with Crippen LogP contribution in [0.4, 0.5) is 4.39 Å². The van der Waals surface area contributed by atoms with Crippen LogP contribution in [0.3, 0.4) is 0 Å². The molecule has 0 fully saturated rings. The number of hydrogen-bond acceptors (Lipinski definition) is 2. The van der Waals surface area contributed by atoms with E-state index in [0.717, 1.165) is 23.3 Å². The van der Waals surface area contributed by atoms with Crippen LogP contribution in [0.5, 0.6) is 0 Å². The Kier molecular flexibility index (Phi) is 3.41. The lowest BCUT2D eigenvalue weighted by Gasteiger charge is -2.10. The molecule has 104 valence electrons. The van der Waals surface area contributed by atoms with Crippen molar-refractivity contribution in [2.75, 3.05) is 0 Å². The van der Waals surface area contributed by atoms with E-state index in [-0.39, 0.29) is 5.82 Å². The van der Waals surface area contributed by atoms with Gasteiger partial charge in [-0.15, -0.1) is 0 Å². The van der Waals surface area contributed by atoms with Gasteiger partial charge in [-0.2, -0.15) is 5.26 Å². The van der Waals surface area contributed by atoms with E-state index in [2.05, 4.69) is 11.1 Å². The van der Waals surface area contributed by atoms with Crippen molar-refractivity contribution in [3.63, 3.8) is 0 Å². The van der Waals surface area contributed by atoms with Gasteiger partial charge in [0.1, 0.15) is 11.6 Å². The highest BCUT2D eigenvalue weighted by Gasteiger charge is 2.11. The van der Waals surface area contributed by atoms with Gasteiger partial charge in [-0.1, -0.05) is 19.1 Å². The molecule has 0 amide bonds. The van der Waals surface area contributed by atoms with Gasteiger partial charge in [-0.05, 0) is 35.9 Å². The van der Waals surface area contributed by atoms with Crippen molar-refractivity contribution >= 4 is 11.0 Å². The standard InChI is InChI=1S/C17H14FN3/c1-2-17-20-15-5-3-4-6-16(15)21(17)11-13-9-14(18)8-7-12(13)10-19/h3-9H,2,11H2,1H3. The van der Waals surface area contributed by atoms with Crippen molar-refractivity contribution in [3.05, 3.63) is 65.2 Å². The molecule has 0 radical (unpaired) electrons. The second-order valence-electron chi connectivity index (χ2n) is 4.87. The minimum Gasteiger partial charge on any atom is -0.323 e. The summed E-state index contributed by atoms with van der Waals surface area (Å²) in [6.45, 7) is 2.48. The van der Waals surface area contributed by atoms with Gasteiger partial charge in [0.2, 0.25) is 0 Å². The maximum Gasteiger partial charge on any atom is 0.123 e. The van der Waals surface area contributed by atoms with Crippen molar-refractivity contribution < 1.29 is 4.39 Å². The summed E-state index contributed by atoms with van der Waals surface area (Å²) in [7, 11) is 0. The molecule has 3 rings (SSSR count). The van der Waals surface area contributed by atoms with Crippen molar-refractivity contribution in [2.24, 2.45) is 0 Å². The number of benzene rings is 2. The first-order valence-electron chi connectivity index (χ1n) is 6.85.